The second kappa shape index (κ2) is 7.06. The van der Waals surface area contributed by atoms with Crippen molar-refractivity contribution >= 4 is 39.1 Å². The zero-order valence-corrected chi connectivity index (χ0v) is 13.5. The van der Waals surface area contributed by atoms with Gasteiger partial charge < -0.3 is 9.47 Å². The summed E-state index contributed by atoms with van der Waals surface area (Å²) in [6.07, 6.45) is 0.836. The van der Waals surface area contributed by atoms with Crippen LogP contribution in [0.4, 0.5) is 0 Å². The summed E-state index contributed by atoms with van der Waals surface area (Å²) in [5, 5.41) is 0.594. The van der Waals surface area contributed by atoms with Crippen LogP contribution < -0.4 is 9.47 Å². The van der Waals surface area contributed by atoms with E-state index in [1.807, 2.05) is 6.92 Å². The Hall–Kier alpha value is -1.11. The van der Waals surface area contributed by atoms with Crippen LogP contribution in [-0.2, 0) is 0 Å². The lowest BCUT2D eigenvalue weighted by Gasteiger charge is -2.08. The van der Waals surface area contributed by atoms with Crippen molar-refractivity contribution in [2.24, 2.45) is 0 Å². The van der Waals surface area contributed by atoms with E-state index in [2.05, 4.69) is 30.9 Å². The van der Waals surface area contributed by atoms with Crippen LogP contribution in [-0.4, -0.2) is 21.6 Å². The number of halogens is 3. The van der Waals surface area contributed by atoms with E-state index >= 15 is 0 Å². The van der Waals surface area contributed by atoms with Crippen LogP contribution in [0.25, 0.3) is 0 Å². The van der Waals surface area contributed by atoms with Crippen molar-refractivity contribution in [2.45, 2.75) is 13.3 Å². The monoisotopic (exact) mass is 377 g/mol. The Balaban J connectivity index is 2.21. The highest BCUT2D eigenvalue weighted by molar-refractivity contribution is 9.10. The highest BCUT2D eigenvalue weighted by Gasteiger charge is 2.10. The molecule has 0 amide bonds. The van der Waals surface area contributed by atoms with Gasteiger partial charge in [0.2, 0.25) is 5.28 Å². The fourth-order valence-electron chi connectivity index (χ4n) is 1.27. The molecule has 0 saturated carbocycles. The molecular weight excluding hydrogens is 369 g/mol. The van der Waals surface area contributed by atoms with Crippen LogP contribution in [0.3, 0.4) is 0 Å². The van der Waals surface area contributed by atoms with E-state index in [0.29, 0.717) is 21.9 Å². The van der Waals surface area contributed by atoms with Crippen molar-refractivity contribution in [2.75, 3.05) is 6.61 Å². The molecule has 0 aliphatic heterocycles. The number of aromatic nitrogens is 3. The molecule has 0 unspecified atom stereocenters. The maximum atomic E-state index is 5.86. The van der Waals surface area contributed by atoms with Crippen molar-refractivity contribution in [3.63, 3.8) is 0 Å². The minimum absolute atomic E-state index is 0.00573. The molecule has 0 aliphatic rings. The van der Waals surface area contributed by atoms with Crippen LogP contribution in [0.5, 0.6) is 17.8 Å². The van der Waals surface area contributed by atoms with E-state index in [1.54, 1.807) is 18.2 Å². The van der Waals surface area contributed by atoms with Gasteiger partial charge in [0.1, 0.15) is 5.75 Å². The summed E-state index contributed by atoms with van der Waals surface area (Å²) in [6, 6.07) is 5.27. The van der Waals surface area contributed by atoms with E-state index in [1.165, 1.54) is 0 Å². The molecule has 0 saturated heterocycles. The Bertz CT molecular complexity index is 613. The van der Waals surface area contributed by atoms with E-state index in [-0.39, 0.29) is 17.3 Å². The van der Waals surface area contributed by atoms with Gasteiger partial charge in [0.25, 0.3) is 0 Å². The first-order chi connectivity index (χ1) is 9.58. The number of ether oxygens (including phenoxy) is 2. The molecule has 0 atom stereocenters. The number of hydrogen-bond donors (Lipinski definition) is 0. The zero-order valence-electron chi connectivity index (χ0n) is 10.4. The Morgan fingerprint density at radius 2 is 1.90 bits per heavy atom. The molecule has 106 valence electrons. The molecule has 1 aromatic heterocycles. The van der Waals surface area contributed by atoms with Gasteiger partial charge in [0.05, 0.1) is 11.1 Å². The van der Waals surface area contributed by atoms with Crippen LogP contribution in [0, 0.1) is 0 Å². The van der Waals surface area contributed by atoms with Gasteiger partial charge in [-0.15, -0.1) is 4.98 Å². The third kappa shape index (κ3) is 4.19. The van der Waals surface area contributed by atoms with Gasteiger partial charge in [-0.25, -0.2) is 0 Å². The lowest BCUT2D eigenvalue weighted by molar-refractivity contribution is 0.284. The maximum absolute atomic E-state index is 5.86. The highest BCUT2D eigenvalue weighted by atomic mass is 79.9. The molecule has 0 bridgehead atoms. The van der Waals surface area contributed by atoms with Gasteiger partial charge in [-0.05, 0) is 52.2 Å². The molecule has 0 aliphatic carbocycles. The van der Waals surface area contributed by atoms with Gasteiger partial charge in [-0.3, -0.25) is 0 Å². The summed E-state index contributed by atoms with van der Waals surface area (Å²) < 4.78 is 11.5. The molecule has 1 aromatic carbocycles. The largest absolute Gasteiger partial charge is 0.463 e. The van der Waals surface area contributed by atoms with Crippen LogP contribution in [0.15, 0.2) is 22.7 Å². The molecule has 2 rings (SSSR count). The third-order valence-corrected chi connectivity index (χ3v) is 3.12. The van der Waals surface area contributed by atoms with Gasteiger partial charge in [-0.1, -0.05) is 18.5 Å². The molecule has 8 heteroatoms. The number of nitrogens with zero attached hydrogens (tertiary/aromatic N) is 3. The van der Waals surface area contributed by atoms with Crippen LogP contribution >= 0.6 is 39.1 Å². The summed E-state index contributed by atoms with van der Waals surface area (Å²) in [7, 11) is 0. The molecule has 20 heavy (non-hydrogen) atoms. The normalized spacial score (nSPS) is 10.4. The minimum atomic E-state index is 0.00573. The highest BCUT2D eigenvalue weighted by Crippen LogP contribution is 2.31. The smallest absolute Gasteiger partial charge is 0.329 e. The van der Waals surface area contributed by atoms with Crippen molar-refractivity contribution in [3.05, 3.63) is 33.0 Å². The van der Waals surface area contributed by atoms with E-state index in [4.69, 9.17) is 32.7 Å². The number of rotatable bonds is 5. The second-order valence-electron chi connectivity index (χ2n) is 3.69. The van der Waals surface area contributed by atoms with Gasteiger partial charge >= 0.3 is 12.0 Å². The zero-order chi connectivity index (χ0) is 14.5. The Kier molecular flexibility index (Phi) is 5.39. The fraction of sp³-hybridized carbons (Fsp3) is 0.250. The summed E-state index contributed by atoms with van der Waals surface area (Å²) in [4.78, 5) is 11.8. The van der Waals surface area contributed by atoms with Crippen molar-refractivity contribution < 1.29 is 9.47 Å². The average Bonchev–Trinajstić information content (AvgIpc) is 2.39. The second-order valence-corrected chi connectivity index (χ2v) is 5.32. The van der Waals surface area contributed by atoms with Crippen LogP contribution in [0.2, 0.25) is 10.3 Å². The van der Waals surface area contributed by atoms with Gasteiger partial charge in [0, 0.05) is 5.02 Å². The first kappa shape index (κ1) is 15.3. The Morgan fingerprint density at radius 1 is 1.15 bits per heavy atom. The third-order valence-electron chi connectivity index (χ3n) is 2.10. The summed E-state index contributed by atoms with van der Waals surface area (Å²) in [5.74, 6) is 0.512. The number of benzene rings is 1. The van der Waals surface area contributed by atoms with Crippen LogP contribution in [0.1, 0.15) is 13.3 Å². The molecule has 0 fully saturated rings. The number of hydrogen-bond acceptors (Lipinski definition) is 5. The summed E-state index contributed by atoms with van der Waals surface area (Å²) in [6.45, 7) is 2.47. The molecule has 2 aromatic rings. The van der Waals surface area contributed by atoms with Crippen molar-refractivity contribution in [1.29, 1.82) is 0 Å². The molecule has 1 heterocycles. The van der Waals surface area contributed by atoms with E-state index < -0.39 is 0 Å². The lowest BCUT2D eigenvalue weighted by Crippen LogP contribution is -2.03. The molecule has 5 nitrogen and oxygen atoms in total. The summed E-state index contributed by atoms with van der Waals surface area (Å²) >= 11 is 15.0. The standard InChI is InChI=1S/C12H10BrCl2N3O2/c1-2-5-19-11-16-10(15)17-12(18-11)20-9-4-3-7(14)6-8(9)13/h3-4,6H,2,5H2,1H3. The topological polar surface area (TPSA) is 57.1 Å². The SMILES string of the molecule is CCCOc1nc(Cl)nc(Oc2ccc(Cl)cc2Br)n1. The molecular formula is C12H10BrCl2N3O2. The predicted molar refractivity (Wildman–Crippen MR) is 79.8 cm³/mol. The van der Waals surface area contributed by atoms with Gasteiger partial charge in [0.15, 0.2) is 0 Å². The molecule has 0 spiro atoms. The maximum Gasteiger partial charge on any atom is 0.329 e. The Morgan fingerprint density at radius 3 is 2.60 bits per heavy atom. The van der Waals surface area contributed by atoms with E-state index in [9.17, 15) is 0 Å². The van der Waals surface area contributed by atoms with Crippen molar-refractivity contribution in [1.82, 2.24) is 15.0 Å². The molecule has 0 radical (unpaired) electrons. The Labute approximate surface area is 134 Å². The first-order valence-corrected chi connectivity index (χ1v) is 7.30. The molecule has 0 N–H and O–H groups in total. The predicted octanol–water partition coefficient (Wildman–Crippen LogP) is 4.52. The minimum Gasteiger partial charge on any atom is -0.463 e. The van der Waals surface area contributed by atoms with E-state index in [0.717, 1.165) is 6.42 Å². The fourth-order valence-corrected chi connectivity index (χ4v) is 2.18. The first-order valence-electron chi connectivity index (χ1n) is 5.75. The quantitative estimate of drug-likeness (QED) is 0.765. The van der Waals surface area contributed by atoms with Gasteiger partial charge in [-0.2, -0.15) is 9.97 Å². The average molecular weight is 379 g/mol. The van der Waals surface area contributed by atoms with Crippen molar-refractivity contribution in [3.8, 4) is 17.8 Å². The lowest BCUT2D eigenvalue weighted by atomic mass is 10.3. The summed E-state index contributed by atoms with van der Waals surface area (Å²) in [5.41, 5.74) is 0.